The van der Waals surface area contributed by atoms with Crippen LogP contribution in [0.15, 0.2) is 23.1 Å². The minimum atomic E-state index is -5.31. The Kier molecular flexibility index (Phi) is 11.6. The Balaban J connectivity index is 0.000000735. The molecule has 0 fully saturated rings. The smallest absolute Gasteiger partial charge is 0.385 e. The van der Waals surface area contributed by atoms with Crippen molar-refractivity contribution >= 4 is 73.4 Å². The molecule has 0 aliphatic heterocycles. The van der Waals surface area contributed by atoms with E-state index in [4.69, 9.17) is 31.0 Å². The van der Waals surface area contributed by atoms with Crippen LogP contribution < -0.4 is 16.4 Å². The first kappa shape index (κ1) is 32.6. The quantitative estimate of drug-likeness (QED) is 0.165. The van der Waals surface area contributed by atoms with Gasteiger partial charge in [0.15, 0.2) is 0 Å². The number of aromatic nitrogens is 3. The van der Waals surface area contributed by atoms with Crippen LogP contribution in [-0.2, 0) is 38.5 Å². The average Bonchev–Trinajstić information content (AvgIpc) is 2.57. The number of nitrogen functional groups attached to an aromatic ring is 1. The van der Waals surface area contributed by atoms with Crippen LogP contribution in [-0.4, -0.2) is 79.6 Å². The lowest BCUT2D eigenvalue weighted by Crippen LogP contribution is -2.11. The molecule has 18 nitrogen and oxygen atoms in total. The fourth-order valence-electron chi connectivity index (χ4n) is 1.71. The Morgan fingerprint density at radius 2 is 1.40 bits per heavy atom. The summed E-state index contributed by atoms with van der Waals surface area (Å²) in [7, 11) is -18.7. The number of hydrogen-bond donors (Lipinski definition) is 7. The monoisotopic (exact) mass is 602 g/mol. The molecule has 1 aromatic carbocycles. The molecule has 0 aliphatic carbocycles. The summed E-state index contributed by atoms with van der Waals surface area (Å²) in [5, 5.41) is 5.52. The van der Waals surface area contributed by atoms with Crippen LogP contribution in [0, 0.1) is 0 Å². The summed E-state index contributed by atoms with van der Waals surface area (Å²) >= 11 is 5.66. The van der Waals surface area contributed by atoms with E-state index >= 15 is 0 Å². The van der Waals surface area contributed by atoms with Crippen molar-refractivity contribution in [3.05, 3.63) is 23.5 Å². The molecule has 0 unspecified atom stereocenters. The van der Waals surface area contributed by atoms with E-state index in [-0.39, 0.29) is 27.8 Å². The van der Waals surface area contributed by atoms with Crippen molar-refractivity contribution in [2.75, 3.05) is 29.2 Å². The summed E-state index contributed by atoms with van der Waals surface area (Å²) in [5.74, 6) is -0.171. The first-order chi connectivity index (χ1) is 15.5. The van der Waals surface area contributed by atoms with Gasteiger partial charge in [-0.1, -0.05) is 0 Å². The van der Waals surface area contributed by atoms with Gasteiger partial charge in [-0.2, -0.15) is 48.6 Å². The Morgan fingerprint density at radius 3 is 1.77 bits per heavy atom. The molecule has 0 aliphatic rings. The van der Waals surface area contributed by atoms with Crippen molar-refractivity contribution in [2.24, 2.45) is 0 Å². The summed E-state index contributed by atoms with van der Waals surface area (Å²) in [6, 6.07) is 4.26. The number of rotatable bonds is 6. The lowest BCUT2D eigenvalue weighted by molar-refractivity contribution is 0.460. The second kappa shape index (κ2) is 12.5. The van der Waals surface area contributed by atoms with Crippen molar-refractivity contribution in [2.45, 2.75) is 11.8 Å². The van der Waals surface area contributed by atoms with Gasteiger partial charge in [0, 0.05) is 12.2 Å². The Morgan fingerprint density at radius 1 is 0.914 bits per heavy atom. The second-order valence-electron chi connectivity index (χ2n) is 5.72. The molecule has 0 saturated carbocycles. The van der Waals surface area contributed by atoms with Crippen molar-refractivity contribution in [1.82, 2.24) is 15.0 Å². The van der Waals surface area contributed by atoms with E-state index in [0.717, 1.165) is 0 Å². The van der Waals surface area contributed by atoms with E-state index in [1.807, 2.05) is 6.92 Å². The molecule has 0 radical (unpaired) electrons. The van der Waals surface area contributed by atoms with Crippen molar-refractivity contribution in [3.8, 4) is 0 Å². The van der Waals surface area contributed by atoms with Crippen LogP contribution in [0.25, 0.3) is 0 Å². The SMILES string of the molecule is CCNc1ccc(S(=O)(=O)O)c(Nc2nc(N)nc(Cl)n2)c1.CS(=O)(=O)O.O=S(=O)(O)S(=O)(=O)O. The van der Waals surface area contributed by atoms with Gasteiger partial charge in [-0.25, -0.2) is 0 Å². The fraction of sp³-hybridized carbons (Fsp3) is 0.250. The Labute approximate surface area is 204 Å². The predicted molar refractivity (Wildman–Crippen MR) is 124 cm³/mol. The van der Waals surface area contributed by atoms with Gasteiger partial charge in [0.05, 0.1) is 11.9 Å². The van der Waals surface area contributed by atoms with Gasteiger partial charge in [-0.3, -0.25) is 18.2 Å². The minimum Gasteiger partial charge on any atom is -0.385 e. The highest BCUT2D eigenvalue weighted by Crippen LogP contribution is 2.27. The third-order valence-corrected chi connectivity index (χ3v) is 5.99. The number of nitrogens with two attached hydrogens (primary N) is 1. The van der Waals surface area contributed by atoms with Crippen LogP contribution in [0.4, 0.5) is 23.3 Å². The normalized spacial score (nSPS) is 11.9. The molecule has 1 heterocycles. The highest BCUT2D eigenvalue weighted by Gasteiger charge is 2.22. The van der Waals surface area contributed by atoms with Gasteiger partial charge >= 0.3 is 18.3 Å². The Bertz CT molecular complexity index is 1410. The van der Waals surface area contributed by atoms with Gasteiger partial charge in [-0.15, -0.1) is 0 Å². The molecule has 2 aromatic rings. The number of nitrogens with zero attached hydrogens (tertiary/aromatic N) is 3. The van der Waals surface area contributed by atoms with Crippen molar-refractivity contribution in [1.29, 1.82) is 0 Å². The second-order valence-corrected chi connectivity index (χ2v) is 13.1. The first-order valence-corrected chi connectivity index (χ1v) is 15.3. The zero-order valence-electron chi connectivity index (χ0n) is 17.4. The summed E-state index contributed by atoms with van der Waals surface area (Å²) in [6.45, 7) is 2.52. The lowest BCUT2D eigenvalue weighted by atomic mass is 10.2. The summed E-state index contributed by atoms with van der Waals surface area (Å²) in [5.41, 5.74) is 6.16. The first-order valence-electron chi connectivity index (χ1n) is 8.21. The van der Waals surface area contributed by atoms with Crippen LogP contribution in [0.5, 0.6) is 0 Å². The summed E-state index contributed by atoms with van der Waals surface area (Å²) < 4.78 is 110. The maximum absolute atomic E-state index is 11.4. The molecular weight excluding hydrogens is 584 g/mol. The van der Waals surface area contributed by atoms with Gasteiger partial charge in [-0.05, 0) is 36.7 Å². The van der Waals surface area contributed by atoms with Gasteiger partial charge in [0.1, 0.15) is 4.90 Å². The maximum Gasteiger partial charge on any atom is 0.397 e. The molecule has 2 rings (SSSR count). The van der Waals surface area contributed by atoms with Gasteiger partial charge in [0.2, 0.25) is 17.2 Å². The van der Waals surface area contributed by atoms with E-state index in [1.54, 1.807) is 0 Å². The Hall–Kier alpha value is -2.44. The highest BCUT2D eigenvalue weighted by molar-refractivity contribution is 8.62. The lowest BCUT2D eigenvalue weighted by Gasteiger charge is -2.12. The van der Waals surface area contributed by atoms with E-state index in [0.29, 0.717) is 18.5 Å². The zero-order chi connectivity index (χ0) is 27.8. The van der Waals surface area contributed by atoms with Crippen LogP contribution >= 0.6 is 11.6 Å². The van der Waals surface area contributed by atoms with E-state index < -0.39 is 38.5 Å². The fourth-order valence-corrected chi connectivity index (χ4v) is 2.50. The number of benzene rings is 1. The van der Waals surface area contributed by atoms with Crippen LogP contribution in [0.2, 0.25) is 5.28 Å². The minimum absolute atomic E-state index is 0.0453. The largest absolute Gasteiger partial charge is 0.397 e. The molecule has 0 atom stereocenters. The standard InChI is InChI=1S/C11H13ClN6O3S.CH4O3S.H2O6S2/c1-2-14-6-3-4-8(22(19,20)21)7(5-6)15-11-17-9(12)16-10(13)18-11;1-5(2,3)4;1-7(2,3)8(4,5)6/h3-5,14H,2H2,1H3,(H,19,20,21)(H3,13,15,16,17,18);1H3,(H,2,3,4);(H,1,2,3)(H,4,5,6). The molecule has 200 valence electrons. The third kappa shape index (κ3) is 13.9. The summed E-state index contributed by atoms with van der Waals surface area (Å²) in [6.07, 6.45) is 0.715. The molecule has 0 bridgehead atoms. The predicted octanol–water partition coefficient (Wildman–Crippen LogP) is -0.290. The molecule has 0 amide bonds. The van der Waals surface area contributed by atoms with E-state index in [1.165, 1.54) is 18.2 Å². The van der Waals surface area contributed by atoms with E-state index in [9.17, 15) is 38.2 Å². The number of anilines is 4. The molecule has 0 spiro atoms. The molecule has 23 heteroatoms. The van der Waals surface area contributed by atoms with Crippen LogP contribution in [0.3, 0.4) is 0 Å². The zero-order valence-corrected chi connectivity index (χ0v) is 21.4. The average molecular weight is 603 g/mol. The van der Waals surface area contributed by atoms with Crippen LogP contribution in [0.1, 0.15) is 6.92 Å². The topological polar surface area (TPSA) is 306 Å². The third-order valence-electron chi connectivity index (χ3n) is 2.78. The number of nitrogens with one attached hydrogen (secondary N) is 2. The molecule has 35 heavy (non-hydrogen) atoms. The van der Waals surface area contributed by atoms with Crippen molar-refractivity contribution < 1.29 is 51.9 Å². The van der Waals surface area contributed by atoms with E-state index in [2.05, 4.69) is 25.6 Å². The van der Waals surface area contributed by atoms with Gasteiger partial charge < -0.3 is 16.4 Å². The number of hydrogen-bond acceptors (Lipinski definition) is 14. The highest BCUT2D eigenvalue weighted by atomic mass is 35.5. The van der Waals surface area contributed by atoms with Crippen molar-refractivity contribution in [3.63, 3.8) is 0 Å². The molecule has 0 saturated heterocycles. The maximum atomic E-state index is 11.4. The molecule has 8 N–H and O–H groups in total. The number of halogens is 1. The molecular formula is C12H19ClN6O12S4. The summed E-state index contributed by atoms with van der Waals surface area (Å²) in [4.78, 5) is 10.8. The molecule has 1 aromatic heterocycles. The van der Waals surface area contributed by atoms with Gasteiger partial charge in [0.25, 0.3) is 20.2 Å².